The van der Waals surface area contributed by atoms with Gasteiger partial charge in [0.25, 0.3) is 0 Å². The number of nitrogen functional groups attached to an aromatic ring is 1. The number of fused-ring (bicyclic) bond motifs is 1. The summed E-state index contributed by atoms with van der Waals surface area (Å²) in [6.07, 6.45) is 9.25. The molecule has 5 rings (SSSR count). The van der Waals surface area contributed by atoms with Gasteiger partial charge in [-0.2, -0.15) is 0 Å². The highest BCUT2D eigenvalue weighted by molar-refractivity contribution is 7.99. The molecule has 1 atom stereocenters. The van der Waals surface area contributed by atoms with E-state index in [0.717, 1.165) is 53.9 Å². The van der Waals surface area contributed by atoms with Crippen LogP contribution in [0.3, 0.4) is 0 Å². The van der Waals surface area contributed by atoms with Gasteiger partial charge in [0.05, 0.1) is 23.1 Å². The number of nitrogens with two attached hydrogens (primary N) is 2. The molecule has 2 fully saturated rings. The Hall–Kier alpha value is -2.07. The number of pyridine rings is 1. The first-order valence-electron chi connectivity index (χ1n) is 9.56. The highest BCUT2D eigenvalue weighted by Gasteiger charge is 2.44. The van der Waals surface area contributed by atoms with Crippen LogP contribution in [0, 0.1) is 5.41 Å². The van der Waals surface area contributed by atoms with Gasteiger partial charge in [-0.05, 0) is 18.9 Å². The van der Waals surface area contributed by atoms with Gasteiger partial charge in [0, 0.05) is 54.2 Å². The fourth-order valence-corrected chi connectivity index (χ4v) is 5.30. The first-order valence-corrected chi connectivity index (χ1v) is 10.7. The van der Waals surface area contributed by atoms with Crippen LogP contribution in [0.15, 0.2) is 40.6 Å². The van der Waals surface area contributed by atoms with Crippen LogP contribution in [0.25, 0.3) is 5.65 Å². The van der Waals surface area contributed by atoms with Crippen molar-refractivity contribution in [3.8, 4) is 0 Å². The minimum atomic E-state index is 0.109. The molecular weight excluding hydrogens is 410 g/mol. The number of imidazole rings is 1. The normalized spacial score (nSPS) is 21.3. The Labute approximate surface area is 177 Å². The Bertz CT molecular complexity index is 1050. The second-order valence-electron chi connectivity index (χ2n) is 7.62. The SMILES string of the molecule is Nc1nccc(Sc2cnc(N3CCC4(CC3)COCC4N)n3ccnc23)c1Cl. The van der Waals surface area contributed by atoms with Crippen LogP contribution in [-0.2, 0) is 4.74 Å². The van der Waals surface area contributed by atoms with E-state index in [2.05, 4.69) is 14.9 Å². The summed E-state index contributed by atoms with van der Waals surface area (Å²) in [5.41, 5.74) is 13.1. The lowest BCUT2D eigenvalue weighted by atomic mass is 9.75. The van der Waals surface area contributed by atoms with Gasteiger partial charge in [-0.25, -0.2) is 15.0 Å². The number of nitrogens with zero attached hydrogens (tertiary/aromatic N) is 5. The number of piperidine rings is 1. The van der Waals surface area contributed by atoms with Gasteiger partial charge in [-0.1, -0.05) is 23.4 Å². The minimum absolute atomic E-state index is 0.109. The predicted octanol–water partition coefficient (Wildman–Crippen LogP) is 2.46. The molecule has 5 heterocycles. The summed E-state index contributed by atoms with van der Waals surface area (Å²) in [5, 5.41) is 0.447. The summed E-state index contributed by atoms with van der Waals surface area (Å²) in [6.45, 7) is 3.23. The molecule has 4 N–H and O–H groups in total. The van der Waals surface area contributed by atoms with E-state index >= 15 is 0 Å². The molecule has 0 aliphatic carbocycles. The van der Waals surface area contributed by atoms with E-state index in [-0.39, 0.29) is 11.5 Å². The van der Waals surface area contributed by atoms with E-state index in [0.29, 0.717) is 17.4 Å². The molecule has 8 nitrogen and oxygen atoms in total. The van der Waals surface area contributed by atoms with Crippen molar-refractivity contribution in [1.29, 1.82) is 0 Å². The number of hydrogen-bond acceptors (Lipinski definition) is 8. The van der Waals surface area contributed by atoms with Gasteiger partial charge in [0.1, 0.15) is 5.82 Å². The standard InChI is InChI=1S/C19H22ClN7OS/c20-15-12(1-4-23-16(15)22)29-13-9-25-18(27-8-5-24-17(13)27)26-6-2-19(3-7-26)11-28-10-14(19)21/h1,4-5,8-9,14H,2-3,6-7,10-11,21H2,(H2,22,23). The van der Waals surface area contributed by atoms with Crippen molar-refractivity contribution in [2.75, 3.05) is 36.9 Å². The zero-order chi connectivity index (χ0) is 20.0. The van der Waals surface area contributed by atoms with Crippen LogP contribution < -0.4 is 16.4 Å². The number of anilines is 2. The van der Waals surface area contributed by atoms with Crippen LogP contribution >= 0.6 is 23.4 Å². The number of rotatable bonds is 3. The lowest BCUT2D eigenvalue weighted by Gasteiger charge is -2.41. The van der Waals surface area contributed by atoms with Crippen LogP contribution in [0.1, 0.15) is 12.8 Å². The van der Waals surface area contributed by atoms with Gasteiger partial charge in [0.15, 0.2) is 5.65 Å². The predicted molar refractivity (Wildman–Crippen MR) is 113 cm³/mol. The highest BCUT2D eigenvalue weighted by atomic mass is 35.5. The molecule has 2 aliphatic rings. The maximum absolute atomic E-state index is 6.32. The Balaban J connectivity index is 1.42. The molecule has 2 aliphatic heterocycles. The summed E-state index contributed by atoms with van der Waals surface area (Å²) in [6, 6.07) is 1.97. The van der Waals surface area contributed by atoms with Crippen molar-refractivity contribution in [3.05, 3.63) is 35.9 Å². The molecule has 0 bridgehead atoms. The first-order chi connectivity index (χ1) is 14.1. The molecule has 152 valence electrons. The Morgan fingerprint density at radius 1 is 1.17 bits per heavy atom. The van der Waals surface area contributed by atoms with Crippen molar-refractivity contribution in [3.63, 3.8) is 0 Å². The zero-order valence-corrected chi connectivity index (χ0v) is 17.4. The quantitative estimate of drug-likeness (QED) is 0.651. The van der Waals surface area contributed by atoms with Crippen molar-refractivity contribution in [2.45, 2.75) is 28.7 Å². The third-order valence-corrected chi connectivity index (χ3v) is 7.57. The van der Waals surface area contributed by atoms with E-state index in [1.807, 2.05) is 22.9 Å². The molecule has 3 aromatic rings. The largest absolute Gasteiger partial charge is 0.382 e. The van der Waals surface area contributed by atoms with Crippen molar-refractivity contribution >= 4 is 40.8 Å². The molecule has 2 saturated heterocycles. The summed E-state index contributed by atoms with van der Waals surface area (Å²) in [7, 11) is 0. The smallest absolute Gasteiger partial charge is 0.211 e. The lowest BCUT2D eigenvalue weighted by Crippen LogP contribution is -2.49. The molecule has 1 unspecified atom stereocenters. The van der Waals surface area contributed by atoms with Crippen LogP contribution in [0.2, 0.25) is 5.02 Å². The van der Waals surface area contributed by atoms with E-state index in [1.54, 1.807) is 12.4 Å². The molecule has 1 spiro atoms. The van der Waals surface area contributed by atoms with E-state index in [1.165, 1.54) is 11.8 Å². The molecule has 0 amide bonds. The number of hydrogen-bond donors (Lipinski definition) is 2. The zero-order valence-electron chi connectivity index (χ0n) is 15.8. The van der Waals surface area contributed by atoms with Crippen LogP contribution in [0.4, 0.5) is 11.8 Å². The van der Waals surface area contributed by atoms with Crippen molar-refractivity contribution in [2.24, 2.45) is 11.1 Å². The van der Waals surface area contributed by atoms with Crippen molar-refractivity contribution in [1.82, 2.24) is 19.4 Å². The molecule has 3 aromatic heterocycles. The minimum Gasteiger partial charge on any atom is -0.382 e. The topological polar surface area (TPSA) is 108 Å². The fraction of sp³-hybridized carbons (Fsp3) is 0.421. The van der Waals surface area contributed by atoms with Gasteiger partial charge >= 0.3 is 0 Å². The first kappa shape index (κ1) is 18.9. The molecular formula is C19H22ClN7OS. The average molecular weight is 432 g/mol. The van der Waals surface area contributed by atoms with Gasteiger partial charge < -0.3 is 21.1 Å². The third-order valence-electron chi connectivity index (χ3n) is 5.99. The van der Waals surface area contributed by atoms with E-state index in [4.69, 9.17) is 32.8 Å². The Kier molecular flexibility index (Phi) is 4.78. The van der Waals surface area contributed by atoms with E-state index < -0.39 is 0 Å². The third kappa shape index (κ3) is 3.22. The molecule has 0 saturated carbocycles. The molecule has 10 heteroatoms. The summed E-state index contributed by atoms with van der Waals surface area (Å²) in [4.78, 5) is 17.4. The summed E-state index contributed by atoms with van der Waals surface area (Å²) in [5.74, 6) is 1.21. The lowest BCUT2D eigenvalue weighted by molar-refractivity contribution is 0.131. The van der Waals surface area contributed by atoms with Gasteiger partial charge in [0.2, 0.25) is 5.95 Å². The molecule has 0 radical (unpaired) electrons. The van der Waals surface area contributed by atoms with Crippen molar-refractivity contribution < 1.29 is 4.74 Å². The summed E-state index contributed by atoms with van der Waals surface area (Å²) < 4.78 is 7.67. The maximum Gasteiger partial charge on any atom is 0.211 e. The second-order valence-corrected chi connectivity index (χ2v) is 9.09. The monoisotopic (exact) mass is 431 g/mol. The Morgan fingerprint density at radius 3 is 2.76 bits per heavy atom. The maximum atomic E-state index is 6.32. The van der Waals surface area contributed by atoms with Gasteiger partial charge in [-0.3, -0.25) is 4.40 Å². The Morgan fingerprint density at radius 2 is 2.00 bits per heavy atom. The fourth-order valence-electron chi connectivity index (χ4n) is 4.17. The average Bonchev–Trinajstić information content (AvgIpc) is 3.35. The molecule has 0 aromatic carbocycles. The highest BCUT2D eigenvalue weighted by Crippen LogP contribution is 2.40. The molecule has 29 heavy (non-hydrogen) atoms. The van der Waals surface area contributed by atoms with Crippen LogP contribution in [-0.4, -0.2) is 51.7 Å². The number of ether oxygens (including phenoxy) is 1. The van der Waals surface area contributed by atoms with Crippen LogP contribution in [0.5, 0.6) is 0 Å². The number of aromatic nitrogens is 4. The second kappa shape index (κ2) is 7.32. The number of halogens is 1. The van der Waals surface area contributed by atoms with Gasteiger partial charge in [-0.15, -0.1) is 0 Å². The summed E-state index contributed by atoms with van der Waals surface area (Å²) >= 11 is 7.79. The van der Waals surface area contributed by atoms with E-state index in [9.17, 15) is 0 Å².